The average molecular weight is 393 g/mol. The van der Waals surface area contributed by atoms with Crippen molar-refractivity contribution >= 4 is 23.1 Å². The zero-order valence-electron chi connectivity index (χ0n) is 15.5. The Labute approximate surface area is 167 Å². The fourth-order valence-corrected chi connectivity index (χ4v) is 4.78. The molecule has 2 heterocycles. The first kappa shape index (κ1) is 17.9. The van der Waals surface area contributed by atoms with E-state index in [-0.39, 0.29) is 0 Å². The van der Waals surface area contributed by atoms with Crippen LogP contribution in [0.3, 0.4) is 0 Å². The van der Waals surface area contributed by atoms with Crippen molar-refractivity contribution in [3.05, 3.63) is 76.6 Å². The highest BCUT2D eigenvalue weighted by molar-refractivity contribution is 7.98. The Bertz CT molecular complexity index is 1060. The second kappa shape index (κ2) is 7.66. The number of thioether (sulfide) groups is 1. The highest BCUT2D eigenvalue weighted by atomic mass is 32.2. The predicted octanol–water partition coefficient (Wildman–Crippen LogP) is 5.61. The third kappa shape index (κ3) is 3.82. The van der Waals surface area contributed by atoms with Gasteiger partial charge in [-0.05, 0) is 38.5 Å². The quantitative estimate of drug-likeness (QED) is 0.414. The van der Waals surface area contributed by atoms with Crippen LogP contribution in [0, 0.1) is 20.8 Å². The minimum atomic E-state index is 0.770. The molecule has 0 fully saturated rings. The van der Waals surface area contributed by atoms with Crippen LogP contribution in [0.4, 0.5) is 0 Å². The van der Waals surface area contributed by atoms with Gasteiger partial charge in [-0.15, -0.1) is 21.5 Å². The van der Waals surface area contributed by atoms with Crippen molar-refractivity contribution in [1.29, 1.82) is 0 Å². The monoisotopic (exact) mass is 392 g/mol. The van der Waals surface area contributed by atoms with Crippen LogP contribution < -0.4 is 0 Å². The van der Waals surface area contributed by atoms with Gasteiger partial charge in [0.1, 0.15) is 10.8 Å². The fourth-order valence-electron chi connectivity index (χ4n) is 2.88. The van der Waals surface area contributed by atoms with Crippen molar-refractivity contribution in [1.82, 2.24) is 19.7 Å². The molecule has 0 N–H and O–H groups in total. The number of rotatable bonds is 5. The standard InChI is InChI=1S/C21H20N4S2/c1-14-8-10-18(11-9-14)25-16(3)23-24-21(25)27-13-17-12-26-20(22-17)19-7-5-4-6-15(19)2/h4-12H,13H2,1-3H3. The second-order valence-corrected chi connectivity index (χ2v) is 8.25. The highest BCUT2D eigenvalue weighted by Crippen LogP contribution is 2.30. The van der Waals surface area contributed by atoms with Crippen LogP contribution in [0.5, 0.6) is 0 Å². The number of aromatic nitrogens is 4. The van der Waals surface area contributed by atoms with E-state index in [1.807, 2.05) is 6.92 Å². The molecule has 2 aromatic carbocycles. The molecule has 0 bridgehead atoms. The van der Waals surface area contributed by atoms with E-state index in [1.165, 1.54) is 16.7 Å². The molecule has 6 heteroatoms. The van der Waals surface area contributed by atoms with Crippen LogP contribution in [0.1, 0.15) is 22.6 Å². The Balaban J connectivity index is 1.54. The van der Waals surface area contributed by atoms with E-state index < -0.39 is 0 Å². The van der Waals surface area contributed by atoms with Crippen molar-refractivity contribution in [2.24, 2.45) is 0 Å². The van der Waals surface area contributed by atoms with Crippen LogP contribution >= 0.6 is 23.1 Å². The number of hydrogen-bond acceptors (Lipinski definition) is 5. The molecule has 0 aliphatic rings. The van der Waals surface area contributed by atoms with Gasteiger partial charge in [-0.2, -0.15) is 0 Å². The summed E-state index contributed by atoms with van der Waals surface area (Å²) in [7, 11) is 0. The van der Waals surface area contributed by atoms with Crippen LogP contribution in [0.15, 0.2) is 59.1 Å². The summed E-state index contributed by atoms with van der Waals surface area (Å²) in [6.45, 7) is 6.20. The van der Waals surface area contributed by atoms with E-state index in [1.54, 1.807) is 23.1 Å². The van der Waals surface area contributed by atoms with Gasteiger partial charge in [-0.3, -0.25) is 4.57 Å². The molecule has 2 aromatic heterocycles. The van der Waals surface area contributed by atoms with Crippen LogP contribution in [-0.4, -0.2) is 19.7 Å². The van der Waals surface area contributed by atoms with Gasteiger partial charge in [-0.25, -0.2) is 4.98 Å². The van der Waals surface area contributed by atoms with Gasteiger partial charge in [0.15, 0.2) is 5.16 Å². The Hall–Kier alpha value is -2.44. The topological polar surface area (TPSA) is 43.6 Å². The van der Waals surface area contributed by atoms with Crippen molar-refractivity contribution in [3.63, 3.8) is 0 Å². The van der Waals surface area contributed by atoms with Crippen LogP contribution in [0.2, 0.25) is 0 Å². The number of thiazole rings is 1. The molecule has 0 atom stereocenters. The van der Waals surface area contributed by atoms with E-state index in [0.717, 1.165) is 33.1 Å². The zero-order chi connectivity index (χ0) is 18.8. The summed E-state index contributed by atoms with van der Waals surface area (Å²) >= 11 is 3.36. The number of benzene rings is 2. The molecular formula is C21H20N4S2. The molecule has 0 amide bonds. The average Bonchev–Trinajstić information content (AvgIpc) is 3.28. The minimum absolute atomic E-state index is 0.770. The molecule has 136 valence electrons. The van der Waals surface area contributed by atoms with Gasteiger partial charge in [-0.1, -0.05) is 53.7 Å². The third-order valence-corrected chi connectivity index (χ3v) is 6.25. The predicted molar refractivity (Wildman–Crippen MR) is 113 cm³/mol. The van der Waals surface area contributed by atoms with Gasteiger partial charge in [0.05, 0.1) is 5.69 Å². The number of nitrogens with zero attached hydrogens (tertiary/aromatic N) is 4. The summed E-state index contributed by atoms with van der Waals surface area (Å²) in [5, 5.41) is 12.7. The lowest BCUT2D eigenvalue weighted by atomic mass is 10.1. The summed E-state index contributed by atoms with van der Waals surface area (Å²) in [4.78, 5) is 4.82. The highest BCUT2D eigenvalue weighted by Gasteiger charge is 2.13. The summed E-state index contributed by atoms with van der Waals surface area (Å²) in [6, 6.07) is 16.8. The lowest BCUT2D eigenvalue weighted by molar-refractivity contribution is 0.867. The van der Waals surface area contributed by atoms with Crippen molar-refractivity contribution in [3.8, 4) is 16.3 Å². The largest absolute Gasteiger partial charge is 0.274 e. The summed E-state index contributed by atoms with van der Waals surface area (Å²) in [5.41, 5.74) is 5.85. The minimum Gasteiger partial charge on any atom is -0.274 e. The Morgan fingerprint density at radius 2 is 1.74 bits per heavy atom. The molecule has 27 heavy (non-hydrogen) atoms. The molecule has 0 aliphatic carbocycles. The molecule has 4 nitrogen and oxygen atoms in total. The third-order valence-electron chi connectivity index (χ3n) is 4.36. The van der Waals surface area contributed by atoms with E-state index >= 15 is 0 Å². The van der Waals surface area contributed by atoms with E-state index in [4.69, 9.17) is 4.98 Å². The normalized spacial score (nSPS) is 11.1. The molecule has 0 spiro atoms. The van der Waals surface area contributed by atoms with Gasteiger partial charge >= 0.3 is 0 Å². The maximum atomic E-state index is 4.82. The van der Waals surface area contributed by atoms with E-state index in [9.17, 15) is 0 Å². The number of hydrogen-bond donors (Lipinski definition) is 0. The van der Waals surface area contributed by atoms with E-state index in [0.29, 0.717) is 0 Å². The molecule has 4 aromatic rings. The maximum absolute atomic E-state index is 4.82. The summed E-state index contributed by atoms with van der Waals surface area (Å²) < 4.78 is 2.10. The van der Waals surface area contributed by atoms with Crippen molar-refractivity contribution < 1.29 is 0 Å². The Morgan fingerprint density at radius 1 is 0.963 bits per heavy atom. The Morgan fingerprint density at radius 3 is 2.52 bits per heavy atom. The SMILES string of the molecule is Cc1ccc(-n2c(C)nnc2SCc2csc(-c3ccccc3C)n2)cc1. The lowest BCUT2D eigenvalue weighted by Gasteiger charge is -2.08. The first-order valence-corrected chi connectivity index (χ1v) is 10.6. The molecule has 0 unspecified atom stereocenters. The molecular weight excluding hydrogens is 372 g/mol. The van der Waals surface area contributed by atoms with Gasteiger partial charge in [0.25, 0.3) is 0 Å². The second-order valence-electron chi connectivity index (χ2n) is 6.45. The van der Waals surface area contributed by atoms with Gasteiger partial charge in [0, 0.05) is 22.4 Å². The molecule has 0 saturated heterocycles. The zero-order valence-corrected chi connectivity index (χ0v) is 17.1. The van der Waals surface area contributed by atoms with Crippen molar-refractivity contribution in [2.45, 2.75) is 31.7 Å². The maximum Gasteiger partial charge on any atom is 0.196 e. The molecule has 0 saturated carbocycles. The van der Waals surface area contributed by atoms with Crippen molar-refractivity contribution in [2.75, 3.05) is 0 Å². The number of aryl methyl sites for hydroxylation is 3. The molecule has 4 rings (SSSR count). The van der Waals surface area contributed by atoms with E-state index in [2.05, 4.69) is 82.5 Å². The van der Waals surface area contributed by atoms with Crippen LogP contribution in [-0.2, 0) is 5.75 Å². The summed E-state index contributed by atoms with van der Waals surface area (Å²) in [6.07, 6.45) is 0. The Kier molecular flexibility index (Phi) is 5.09. The fraction of sp³-hybridized carbons (Fsp3) is 0.190. The van der Waals surface area contributed by atoms with Gasteiger partial charge in [0.2, 0.25) is 0 Å². The first-order chi connectivity index (χ1) is 13.1. The first-order valence-electron chi connectivity index (χ1n) is 8.74. The smallest absolute Gasteiger partial charge is 0.196 e. The summed E-state index contributed by atoms with van der Waals surface area (Å²) in [5.74, 6) is 1.66. The lowest BCUT2D eigenvalue weighted by Crippen LogP contribution is -1.99. The molecule has 0 aliphatic heterocycles. The van der Waals surface area contributed by atoms with Crippen LogP contribution in [0.25, 0.3) is 16.3 Å². The van der Waals surface area contributed by atoms with Gasteiger partial charge < -0.3 is 0 Å². The molecule has 0 radical (unpaired) electrons.